The lowest BCUT2D eigenvalue weighted by Crippen LogP contribution is -2.44. The van der Waals surface area contributed by atoms with Crippen molar-refractivity contribution in [2.75, 3.05) is 18.5 Å². The van der Waals surface area contributed by atoms with E-state index in [1.807, 2.05) is 19.9 Å². The molecule has 1 heterocycles. The largest absolute Gasteiger partial charge is 0.478 e. The van der Waals surface area contributed by atoms with Crippen LogP contribution in [0.5, 0.6) is 5.88 Å². The number of aryl methyl sites for hydroxylation is 1. The molecule has 5 heteroatoms. The zero-order chi connectivity index (χ0) is 13.7. The van der Waals surface area contributed by atoms with Crippen LogP contribution < -0.4 is 10.1 Å². The Kier molecular flexibility index (Phi) is 4.58. The van der Waals surface area contributed by atoms with E-state index in [1.165, 1.54) is 6.42 Å². The summed E-state index contributed by atoms with van der Waals surface area (Å²) >= 11 is 0. The van der Waals surface area contributed by atoms with E-state index >= 15 is 0 Å². The van der Waals surface area contributed by atoms with Gasteiger partial charge in [-0.15, -0.1) is 0 Å². The van der Waals surface area contributed by atoms with Gasteiger partial charge in [0.1, 0.15) is 11.6 Å². The molecule has 1 saturated carbocycles. The maximum absolute atomic E-state index is 9.71. The number of ether oxygens (including phenoxy) is 1. The number of hydrogen-bond acceptors (Lipinski definition) is 5. The summed E-state index contributed by atoms with van der Waals surface area (Å²) in [4.78, 5) is 8.62. The van der Waals surface area contributed by atoms with Gasteiger partial charge in [0.25, 0.3) is 0 Å². The Hall–Kier alpha value is -1.36. The molecule has 0 radical (unpaired) electrons. The summed E-state index contributed by atoms with van der Waals surface area (Å²) < 4.78 is 5.43. The molecular formula is C14H23N3O2. The number of aliphatic hydroxyl groups excluding tert-OH is 1. The van der Waals surface area contributed by atoms with Crippen molar-refractivity contribution in [2.45, 2.75) is 51.5 Å². The molecule has 19 heavy (non-hydrogen) atoms. The van der Waals surface area contributed by atoms with Gasteiger partial charge in [-0.1, -0.05) is 19.3 Å². The zero-order valence-corrected chi connectivity index (χ0v) is 11.8. The van der Waals surface area contributed by atoms with Gasteiger partial charge in [0.05, 0.1) is 18.8 Å². The minimum atomic E-state index is -0.234. The van der Waals surface area contributed by atoms with Crippen molar-refractivity contribution in [3.8, 4) is 5.88 Å². The minimum absolute atomic E-state index is 0.139. The molecule has 2 N–H and O–H groups in total. The maximum atomic E-state index is 9.71. The standard InChI is InChI=1S/C14H23N3O2/c1-3-19-13-9-12(15-11(2)16-13)17-14(10-18)7-5-4-6-8-14/h9,18H,3-8,10H2,1-2H3,(H,15,16,17). The van der Waals surface area contributed by atoms with E-state index in [0.29, 0.717) is 18.3 Å². The predicted octanol–water partition coefficient (Wildman–Crippen LogP) is 2.29. The fourth-order valence-corrected chi connectivity index (χ4v) is 2.65. The highest BCUT2D eigenvalue weighted by atomic mass is 16.5. The summed E-state index contributed by atoms with van der Waals surface area (Å²) in [5.74, 6) is 2.01. The number of anilines is 1. The first-order valence-corrected chi connectivity index (χ1v) is 7.05. The Balaban J connectivity index is 2.16. The average Bonchev–Trinajstić information content (AvgIpc) is 2.39. The Labute approximate surface area is 114 Å². The maximum Gasteiger partial charge on any atom is 0.218 e. The van der Waals surface area contributed by atoms with Crippen LogP contribution in [0.4, 0.5) is 5.82 Å². The molecule has 0 aromatic carbocycles. The van der Waals surface area contributed by atoms with Crippen LogP contribution in [0.15, 0.2) is 6.07 Å². The molecule has 0 spiro atoms. The van der Waals surface area contributed by atoms with Gasteiger partial charge in [0, 0.05) is 6.07 Å². The number of aromatic nitrogens is 2. The van der Waals surface area contributed by atoms with Gasteiger partial charge in [0.2, 0.25) is 5.88 Å². The summed E-state index contributed by atoms with van der Waals surface area (Å²) in [5, 5.41) is 13.1. The Bertz CT molecular complexity index is 417. The summed E-state index contributed by atoms with van der Waals surface area (Å²) in [6.07, 6.45) is 5.51. The van der Waals surface area contributed by atoms with E-state index in [2.05, 4.69) is 15.3 Å². The molecule has 0 unspecified atom stereocenters. The van der Waals surface area contributed by atoms with Gasteiger partial charge < -0.3 is 15.2 Å². The minimum Gasteiger partial charge on any atom is -0.478 e. The molecule has 1 aromatic heterocycles. The Morgan fingerprint density at radius 3 is 2.68 bits per heavy atom. The molecule has 106 valence electrons. The molecule has 0 saturated heterocycles. The third-order valence-electron chi connectivity index (χ3n) is 3.61. The van der Waals surface area contributed by atoms with Gasteiger partial charge in [-0.25, -0.2) is 4.98 Å². The monoisotopic (exact) mass is 265 g/mol. The summed E-state index contributed by atoms with van der Waals surface area (Å²) in [5.41, 5.74) is -0.234. The molecule has 0 amide bonds. The third kappa shape index (κ3) is 3.56. The Morgan fingerprint density at radius 1 is 1.32 bits per heavy atom. The lowest BCUT2D eigenvalue weighted by atomic mass is 9.82. The van der Waals surface area contributed by atoms with E-state index in [9.17, 15) is 5.11 Å². The van der Waals surface area contributed by atoms with Gasteiger partial charge in [-0.05, 0) is 26.7 Å². The van der Waals surface area contributed by atoms with Crippen LogP contribution in [-0.2, 0) is 0 Å². The van der Waals surface area contributed by atoms with Gasteiger partial charge >= 0.3 is 0 Å². The fourth-order valence-electron chi connectivity index (χ4n) is 2.65. The molecule has 1 aliphatic rings. The van der Waals surface area contributed by atoms with Crippen LogP contribution in [0, 0.1) is 6.92 Å². The van der Waals surface area contributed by atoms with Crippen molar-refractivity contribution in [3.05, 3.63) is 11.9 Å². The summed E-state index contributed by atoms with van der Waals surface area (Å²) in [7, 11) is 0. The van der Waals surface area contributed by atoms with E-state index < -0.39 is 0 Å². The quantitative estimate of drug-likeness (QED) is 0.855. The first kappa shape index (κ1) is 14.1. The van der Waals surface area contributed by atoms with E-state index in [1.54, 1.807) is 0 Å². The molecule has 0 bridgehead atoms. The first-order valence-electron chi connectivity index (χ1n) is 7.05. The van der Waals surface area contributed by atoms with E-state index in [4.69, 9.17) is 4.74 Å². The second kappa shape index (κ2) is 6.19. The molecule has 1 aliphatic carbocycles. The van der Waals surface area contributed by atoms with Gasteiger partial charge in [-0.3, -0.25) is 0 Å². The normalized spacial score (nSPS) is 18.1. The molecule has 1 aromatic rings. The van der Waals surface area contributed by atoms with Crippen molar-refractivity contribution >= 4 is 5.82 Å². The molecular weight excluding hydrogens is 242 g/mol. The molecule has 2 rings (SSSR count). The number of aliphatic hydroxyl groups is 1. The van der Waals surface area contributed by atoms with Crippen LogP contribution in [0.1, 0.15) is 44.9 Å². The highest BCUT2D eigenvalue weighted by Gasteiger charge is 2.31. The van der Waals surface area contributed by atoms with Crippen LogP contribution in [0.2, 0.25) is 0 Å². The van der Waals surface area contributed by atoms with Gasteiger partial charge in [-0.2, -0.15) is 4.98 Å². The number of nitrogens with one attached hydrogen (secondary N) is 1. The first-order chi connectivity index (χ1) is 9.17. The van der Waals surface area contributed by atoms with Gasteiger partial charge in [0.15, 0.2) is 0 Å². The Morgan fingerprint density at radius 2 is 2.05 bits per heavy atom. The lowest BCUT2D eigenvalue weighted by molar-refractivity contribution is 0.172. The molecule has 1 fully saturated rings. The van der Waals surface area contributed by atoms with Crippen LogP contribution in [0.3, 0.4) is 0 Å². The van der Waals surface area contributed by atoms with Crippen LogP contribution in [-0.4, -0.2) is 33.8 Å². The van der Waals surface area contributed by atoms with Crippen molar-refractivity contribution in [2.24, 2.45) is 0 Å². The van der Waals surface area contributed by atoms with Crippen molar-refractivity contribution in [1.82, 2.24) is 9.97 Å². The fraction of sp³-hybridized carbons (Fsp3) is 0.714. The molecule has 5 nitrogen and oxygen atoms in total. The summed E-state index contributed by atoms with van der Waals surface area (Å²) in [6.45, 7) is 4.50. The second-order valence-electron chi connectivity index (χ2n) is 5.20. The third-order valence-corrected chi connectivity index (χ3v) is 3.61. The second-order valence-corrected chi connectivity index (χ2v) is 5.20. The highest BCUT2D eigenvalue weighted by molar-refractivity contribution is 5.41. The van der Waals surface area contributed by atoms with E-state index in [-0.39, 0.29) is 12.1 Å². The van der Waals surface area contributed by atoms with Crippen LogP contribution >= 0.6 is 0 Å². The smallest absolute Gasteiger partial charge is 0.218 e. The number of rotatable bonds is 5. The highest BCUT2D eigenvalue weighted by Crippen LogP contribution is 2.31. The van der Waals surface area contributed by atoms with Crippen molar-refractivity contribution < 1.29 is 9.84 Å². The molecule has 0 aliphatic heterocycles. The van der Waals surface area contributed by atoms with Crippen molar-refractivity contribution in [1.29, 1.82) is 0 Å². The molecule has 0 atom stereocenters. The SMILES string of the molecule is CCOc1cc(NC2(CO)CCCCC2)nc(C)n1. The van der Waals surface area contributed by atoms with Crippen LogP contribution in [0.25, 0.3) is 0 Å². The van der Waals surface area contributed by atoms with E-state index in [0.717, 1.165) is 31.5 Å². The number of hydrogen-bond donors (Lipinski definition) is 2. The predicted molar refractivity (Wildman–Crippen MR) is 74.5 cm³/mol. The lowest BCUT2D eigenvalue weighted by Gasteiger charge is -2.37. The number of nitrogens with zero attached hydrogens (tertiary/aromatic N) is 2. The topological polar surface area (TPSA) is 67.3 Å². The average molecular weight is 265 g/mol. The van der Waals surface area contributed by atoms with Crippen molar-refractivity contribution in [3.63, 3.8) is 0 Å². The zero-order valence-electron chi connectivity index (χ0n) is 11.8. The summed E-state index contributed by atoms with van der Waals surface area (Å²) in [6, 6.07) is 1.81.